The van der Waals surface area contributed by atoms with Crippen LogP contribution in [0.15, 0.2) is 39.0 Å². The van der Waals surface area contributed by atoms with Crippen molar-refractivity contribution < 1.29 is 4.79 Å². The minimum Gasteiger partial charge on any atom is -0.325 e. The first kappa shape index (κ1) is 14.4. The number of anilines is 1. The zero-order valence-corrected chi connectivity index (χ0v) is 12.9. The van der Waals surface area contributed by atoms with E-state index in [1.807, 2.05) is 37.4 Å². The maximum Gasteiger partial charge on any atom is 0.237 e. The SMILES string of the molecule is CS[C@@H](C)C(=O)Nc1ccc(Sc2nncs2)cc1. The highest BCUT2D eigenvalue weighted by Gasteiger charge is 2.11. The topological polar surface area (TPSA) is 54.9 Å². The Bertz CT molecular complexity index is 528. The van der Waals surface area contributed by atoms with Crippen molar-refractivity contribution in [1.82, 2.24) is 10.2 Å². The summed E-state index contributed by atoms with van der Waals surface area (Å²) >= 11 is 4.60. The van der Waals surface area contributed by atoms with Crippen LogP contribution in [0.2, 0.25) is 0 Å². The van der Waals surface area contributed by atoms with Crippen molar-refractivity contribution in [3.8, 4) is 0 Å². The van der Waals surface area contributed by atoms with E-state index in [9.17, 15) is 4.79 Å². The van der Waals surface area contributed by atoms with Crippen LogP contribution in [-0.2, 0) is 4.79 Å². The number of hydrogen-bond acceptors (Lipinski definition) is 6. The van der Waals surface area contributed by atoms with E-state index in [-0.39, 0.29) is 11.2 Å². The largest absolute Gasteiger partial charge is 0.325 e. The van der Waals surface area contributed by atoms with E-state index in [0.29, 0.717) is 0 Å². The molecule has 1 aromatic carbocycles. The summed E-state index contributed by atoms with van der Waals surface area (Å²) in [6, 6.07) is 7.72. The van der Waals surface area contributed by atoms with Gasteiger partial charge in [0.25, 0.3) is 0 Å². The molecule has 0 unspecified atom stereocenters. The molecule has 19 heavy (non-hydrogen) atoms. The predicted molar refractivity (Wildman–Crippen MR) is 82.1 cm³/mol. The first-order chi connectivity index (χ1) is 9.19. The summed E-state index contributed by atoms with van der Waals surface area (Å²) in [5.74, 6) is 0.0250. The van der Waals surface area contributed by atoms with E-state index in [2.05, 4.69) is 15.5 Å². The number of hydrogen-bond donors (Lipinski definition) is 1. The summed E-state index contributed by atoms with van der Waals surface area (Å²) in [7, 11) is 0. The van der Waals surface area contributed by atoms with Crippen molar-refractivity contribution in [3.63, 3.8) is 0 Å². The second-order valence-corrected chi connectivity index (χ2v) is 7.03. The van der Waals surface area contributed by atoms with Crippen molar-refractivity contribution in [2.45, 2.75) is 21.4 Å². The molecule has 1 atom stereocenters. The highest BCUT2D eigenvalue weighted by molar-refractivity contribution is 8.01. The number of benzene rings is 1. The number of amides is 1. The molecule has 4 nitrogen and oxygen atoms in total. The standard InChI is InChI=1S/C12H13N3OS3/c1-8(17-2)11(16)14-9-3-5-10(6-4-9)19-12-15-13-7-18-12/h3-8H,1-2H3,(H,14,16)/t8-/m0/s1. The van der Waals surface area contributed by atoms with E-state index in [1.165, 1.54) is 23.1 Å². The van der Waals surface area contributed by atoms with Crippen molar-refractivity contribution >= 4 is 46.5 Å². The van der Waals surface area contributed by atoms with Crippen LogP contribution in [0.25, 0.3) is 0 Å². The first-order valence-corrected chi connectivity index (χ1v) is 8.55. The Morgan fingerprint density at radius 3 is 2.68 bits per heavy atom. The molecule has 0 aliphatic carbocycles. The van der Waals surface area contributed by atoms with Crippen molar-refractivity contribution in [1.29, 1.82) is 0 Å². The molecule has 0 radical (unpaired) electrons. The van der Waals surface area contributed by atoms with Crippen molar-refractivity contribution in [3.05, 3.63) is 29.8 Å². The fraction of sp³-hybridized carbons (Fsp3) is 0.250. The van der Waals surface area contributed by atoms with Gasteiger partial charge < -0.3 is 5.32 Å². The number of rotatable bonds is 5. The van der Waals surface area contributed by atoms with Gasteiger partial charge in [0, 0.05) is 10.6 Å². The van der Waals surface area contributed by atoms with Crippen LogP contribution in [-0.4, -0.2) is 27.6 Å². The van der Waals surface area contributed by atoms with E-state index in [1.54, 1.807) is 17.3 Å². The summed E-state index contributed by atoms with van der Waals surface area (Å²) in [5.41, 5.74) is 2.52. The molecule has 0 saturated carbocycles. The zero-order valence-electron chi connectivity index (χ0n) is 10.5. The molecule has 0 fully saturated rings. The second-order valence-electron chi connectivity index (χ2n) is 3.70. The molecule has 0 spiro atoms. The average Bonchev–Trinajstić information content (AvgIpc) is 2.93. The van der Waals surface area contributed by atoms with Gasteiger partial charge in [0.1, 0.15) is 5.51 Å². The fourth-order valence-corrected chi connectivity index (χ4v) is 2.99. The van der Waals surface area contributed by atoms with E-state index < -0.39 is 0 Å². The Morgan fingerprint density at radius 2 is 2.11 bits per heavy atom. The van der Waals surface area contributed by atoms with Crippen LogP contribution in [0.1, 0.15) is 6.92 Å². The number of carbonyl (C=O) groups is 1. The third kappa shape index (κ3) is 4.22. The van der Waals surface area contributed by atoms with Gasteiger partial charge in [-0.2, -0.15) is 11.8 Å². The molecule has 2 aromatic rings. The summed E-state index contributed by atoms with van der Waals surface area (Å²) in [4.78, 5) is 12.8. The molecule has 1 N–H and O–H groups in total. The van der Waals surface area contributed by atoms with Gasteiger partial charge in [0.15, 0.2) is 4.34 Å². The minimum atomic E-state index is -0.0459. The van der Waals surface area contributed by atoms with Crippen LogP contribution in [0.3, 0.4) is 0 Å². The lowest BCUT2D eigenvalue weighted by atomic mass is 10.3. The molecule has 0 aliphatic rings. The van der Waals surface area contributed by atoms with E-state index >= 15 is 0 Å². The molecular weight excluding hydrogens is 298 g/mol. The Morgan fingerprint density at radius 1 is 1.37 bits per heavy atom. The van der Waals surface area contributed by atoms with Crippen molar-refractivity contribution in [2.75, 3.05) is 11.6 Å². The second kappa shape index (κ2) is 6.93. The molecular formula is C12H13N3OS3. The van der Waals surface area contributed by atoms with Crippen LogP contribution in [0, 0.1) is 0 Å². The Hall–Kier alpha value is -1.05. The van der Waals surface area contributed by atoms with Crippen LogP contribution in [0.4, 0.5) is 5.69 Å². The normalized spacial score (nSPS) is 12.1. The van der Waals surface area contributed by atoms with Gasteiger partial charge in [0.05, 0.1) is 5.25 Å². The lowest BCUT2D eigenvalue weighted by molar-refractivity contribution is -0.115. The number of aromatic nitrogens is 2. The number of nitrogens with one attached hydrogen (secondary N) is 1. The number of nitrogens with zero attached hydrogens (tertiary/aromatic N) is 2. The smallest absolute Gasteiger partial charge is 0.237 e. The van der Waals surface area contributed by atoms with Gasteiger partial charge in [-0.05, 0) is 37.4 Å². The maximum atomic E-state index is 11.7. The molecule has 100 valence electrons. The predicted octanol–water partition coefficient (Wildman–Crippen LogP) is 3.38. The minimum absolute atomic E-state index is 0.0250. The van der Waals surface area contributed by atoms with E-state index in [0.717, 1.165) is 14.9 Å². The fourth-order valence-electron chi connectivity index (χ4n) is 1.27. The zero-order chi connectivity index (χ0) is 13.7. The quantitative estimate of drug-likeness (QED) is 0.917. The van der Waals surface area contributed by atoms with Crippen LogP contribution < -0.4 is 5.32 Å². The van der Waals surface area contributed by atoms with Gasteiger partial charge in [-0.3, -0.25) is 4.79 Å². The van der Waals surface area contributed by atoms with Crippen LogP contribution >= 0.6 is 34.9 Å². The average molecular weight is 311 g/mol. The Kier molecular flexibility index (Phi) is 5.24. The lowest BCUT2D eigenvalue weighted by Crippen LogP contribution is -2.21. The summed E-state index contributed by atoms with van der Waals surface area (Å²) in [5, 5.41) is 10.6. The summed E-state index contributed by atoms with van der Waals surface area (Å²) < 4.78 is 0.910. The Balaban J connectivity index is 1.96. The molecule has 1 amide bonds. The molecule has 0 saturated heterocycles. The van der Waals surface area contributed by atoms with Crippen molar-refractivity contribution in [2.24, 2.45) is 0 Å². The third-order valence-corrected chi connectivity index (χ3v) is 5.10. The number of thioether (sulfide) groups is 1. The molecule has 0 bridgehead atoms. The van der Waals surface area contributed by atoms with Gasteiger partial charge in [0.2, 0.25) is 5.91 Å². The van der Waals surface area contributed by atoms with Gasteiger partial charge in [-0.15, -0.1) is 10.2 Å². The summed E-state index contributed by atoms with van der Waals surface area (Å²) in [6.45, 7) is 1.89. The molecule has 0 aliphatic heterocycles. The van der Waals surface area contributed by atoms with E-state index in [4.69, 9.17) is 0 Å². The maximum absolute atomic E-state index is 11.7. The third-order valence-electron chi connectivity index (χ3n) is 2.39. The lowest BCUT2D eigenvalue weighted by Gasteiger charge is -2.09. The molecule has 1 heterocycles. The van der Waals surface area contributed by atoms with Gasteiger partial charge in [-0.1, -0.05) is 23.1 Å². The first-order valence-electron chi connectivity index (χ1n) is 5.57. The monoisotopic (exact) mass is 311 g/mol. The highest BCUT2D eigenvalue weighted by atomic mass is 32.2. The number of carbonyl (C=O) groups excluding carboxylic acids is 1. The molecule has 2 rings (SSSR count). The van der Waals surface area contributed by atoms with Crippen LogP contribution in [0.5, 0.6) is 0 Å². The van der Waals surface area contributed by atoms with Gasteiger partial charge >= 0.3 is 0 Å². The molecule has 1 aromatic heterocycles. The Labute approximate surface area is 124 Å². The van der Waals surface area contributed by atoms with Gasteiger partial charge in [-0.25, -0.2) is 0 Å². The summed E-state index contributed by atoms with van der Waals surface area (Å²) in [6.07, 6.45) is 1.92. The molecule has 7 heteroatoms. The highest BCUT2D eigenvalue weighted by Crippen LogP contribution is 2.29.